The highest BCUT2D eigenvalue weighted by atomic mass is 16.5. The molecule has 0 aliphatic heterocycles. The van der Waals surface area contributed by atoms with Crippen molar-refractivity contribution in [2.24, 2.45) is 10.9 Å². The highest BCUT2D eigenvalue weighted by molar-refractivity contribution is 6.01. The number of nitrogens with zero attached hydrogens (tertiary/aromatic N) is 2. The molecule has 0 aromatic carbocycles. The predicted octanol–water partition coefficient (Wildman–Crippen LogP) is 0.735. The third-order valence-electron chi connectivity index (χ3n) is 2.98. The van der Waals surface area contributed by atoms with E-state index in [0.29, 0.717) is 6.42 Å². The average molecular weight is 266 g/mol. The first kappa shape index (κ1) is 14.7. The van der Waals surface area contributed by atoms with Crippen LogP contribution in [0.4, 0.5) is 0 Å². The molecule has 0 bridgehead atoms. The van der Waals surface area contributed by atoms with Crippen molar-refractivity contribution in [3.05, 3.63) is 23.9 Å². The highest BCUT2D eigenvalue weighted by Crippen LogP contribution is 2.16. The maximum absolute atomic E-state index is 12.2. The SMILES string of the molecule is CCC(C)(NC(=O)c1cccnc1OC)C(N)=NO. The molecule has 0 radical (unpaired) electrons. The summed E-state index contributed by atoms with van der Waals surface area (Å²) in [6.45, 7) is 3.49. The fourth-order valence-electron chi connectivity index (χ4n) is 1.49. The summed E-state index contributed by atoms with van der Waals surface area (Å²) < 4.78 is 5.02. The number of hydrogen-bond donors (Lipinski definition) is 3. The monoisotopic (exact) mass is 266 g/mol. The molecule has 7 nitrogen and oxygen atoms in total. The topological polar surface area (TPSA) is 110 Å². The third-order valence-corrected chi connectivity index (χ3v) is 2.98. The van der Waals surface area contributed by atoms with Crippen molar-refractivity contribution in [1.29, 1.82) is 0 Å². The lowest BCUT2D eigenvalue weighted by Crippen LogP contribution is -2.55. The van der Waals surface area contributed by atoms with Crippen molar-refractivity contribution < 1.29 is 14.7 Å². The Morgan fingerprint density at radius 2 is 2.37 bits per heavy atom. The first-order valence-electron chi connectivity index (χ1n) is 5.78. The molecule has 1 amide bonds. The van der Waals surface area contributed by atoms with Gasteiger partial charge in [0.05, 0.1) is 12.6 Å². The van der Waals surface area contributed by atoms with E-state index in [2.05, 4.69) is 15.5 Å². The van der Waals surface area contributed by atoms with Crippen LogP contribution >= 0.6 is 0 Å². The van der Waals surface area contributed by atoms with Gasteiger partial charge >= 0.3 is 0 Å². The van der Waals surface area contributed by atoms with Gasteiger partial charge in [0.1, 0.15) is 5.56 Å². The van der Waals surface area contributed by atoms with Gasteiger partial charge in [-0.2, -0.15) is 0 Å². The number of carbonyl (C=O) groups excluding carboxylic acids is 1. The van der Waals surface area contributed by atoms with E-state index in [4.69, 9.17) is 15.7 Å². The first-order valence-corrected chi connectivity index (χ1v) is 5.78. The number of nitrogens with two attached hydrogens (primary N) is 1. The minimum atomic E-state index is -0.938. The lowest BCUT2D eigenvalue weighted by Gasteiger charge is -2.28. The molecule has 0 saturated heterocycles. The van der Waals surface area contributed by atoms with Gasteiger partial charge in [0.25, 0.3) is 5.91 Å². The summed E-state index contributed by atoms with van der Waals surface area (Å²) in [7, 11) is 1.43. The average Bonchev–Trinajstić information content (AvgIpc) is 2.45. The number of pyridine rings is 1. The van der Waals surface area contributed by atoms with Crippen molar-refractivity contribution in [3.63, 3.8) is 0 Å². The van der Waals surface area contributed by atoms with E-state index in [1.54, 1.807) is 19.1 Å². The third kappa shape index (κ3) is 3.12. The largest absolute Gasteiger partial charge is 0.480 e. The molecular formula is C12H18N4O3. The molecule has 0 spiro atoms. The maximum Gasteiger partial charge on any atom is 0.257 e. The minimum Gasteiger partial charge on any atom is -0.480 e. The normalized spacial score (nSPS) is 14.6. The number of methoxy groups -OCH3 is 1. The molecule has 19 heavy (non-hydrogen) atoms. The second-order valence-electron chi connectivity index (χ2n) is 4.19. The molecule has 1 unspecified atom stereocenters. The van der Waals surface area contributed by atoms with Crippen molar-refractivity contribution in [2.75, 3.05) is 7.11 Å². The second-order valence-corrected chi connectivity index (χ2v) is 4.19. The first-order chi connectivity index (χ1) is 8.98. The van der Waals surface area contributed by atoms with Gasteiger partial charge < -0.3 is 21.0 Å². The summed E-state index contributed by atoms with van der Waals surface area (Å²) in [5, 5.41) is 14.4. The van der Waals surface area contributed by atoms with Crippen LogP contribution in [0.3, 0.4) is 0 Å². The molecule has 1 aromatic rings. The Balaban J connectivity index is 3.02. The van der Waals surface area contributed by atoms with Crippen molar-refractivity contribution in [2.45, 2.75) is 25.8 Å². The molecule has 1 heterocycles. The Bertz CT molecular complexity index is 490. The summed E-state index contributed by atoms with van der Waals surface area (Å²) >= 11 is 0. The van der Waals surface area contributed by atoms with Crippen LogP contribution in [0, 0.1) is 0 Å². The zero-order chi connectivity index (χ0) is 14.5. The number of aromatic nitrogens is 1. The summed E-state index contributed by atoms with van der Waals surface area (Å²) in [4.78, 5) is 16.1. The van der Waals surface area contributed by atoms with E-state index < -0.39 is 11.4 Å². The number of oxime groups is 1. The van der Waals surface area contributed by atoms with Crippen LogP contribution < -0.4 is 15.8 Å². The van der Waals surface area contributed by atoms with Gasteiger partial charge in [0, 0.05) is 6.20 Å². The highest BCUT2D eigenvalue weighted by Gasteiger charge is 2.30. The molecule has 1 rings (SSSR count). The fourth-order valence-corrected chi connectivity index (χ4v) is 1.49. The number of ether oxygens (including phenoxy) is 1. The fraction of sp³-hybridized carbons (Fsp3) is 0.417. The van der Waals surface area contributed by atoms with Crippen LogP contribution in [-0.2, 0) is 0 Å². The Kier molecular flexibility index (Phi) is 4.68. The van der Waals surface area contributed by atoms with Gasteiger partial charge in [0.2, 0.25) is 5.88 Å². The maximum atomic E-state index is 12.2. The summed E-state index contributed by atoms with van der Waals surface area (Å²) in [5.74, 6) is -0.245. The second kappa shape index (κ2) is 6.03. The minimum absolute atomic E-state index is 0.0637. The van der Waals surface area contributed by atoms with Gasteiger partial charge in [0.15, 0.2) is 5.84 Å². The number of rotatable bonds is 5. The molecule has 0 saturated carbocycles. The summed E-state index contributed by atoms with van der Waals surface area (Å²) in [6.07, 6.45) is 2.00. The summed E-state index contributed by atoms with van der Waals surface area (Å²) in [6, 6.07) is 3.22. The van der Waals surface area contributed by atoms with Gasteiger partial charge in [-0.15, -0.1) is 0 Å². The zero-order valence-corrected chi connectivity index (χ0v) is 11.2. The van der Waals surface area contributed by atoms with E-state index in [-0.39, 0.29) is 17.3 Å². The Labute approximate surface area is 111 Å². The Morgan fingerprint density at radius 1 is 1.68 bits per heavy atom. The summed E-state index contributed by atoms with van der Waals surface area (Å²) in [5.41, 5.74) is 4.95. The quantitative estimate of drug-likeness (QED) is 0.315. The smallest absolute Gasteiger partial charge is 0.257 e. The lowest BCUT2D eigenvalue weighted by molar-refractivity contribution is 0.0921. The van der Waals surface area contributed by atoms with Gasteiger partial charge in [-0.1, -0.05) is 12.1 Å². The number of amidine groups is 1. The molecule has 7 heteroatoms. The van der Waals surface area contributed by atoms with Gasteiger partial charge in [-0.05, 0) is 25.5 Å². The Hall–Kier alpha value is -2.31. The van der Waals surface area contributed by atoms with Gasteiger partial charge in [-0.25, -0.2) is 4.98 Å². The number of amides is 1. The number of carbonyl (C=O) groups is 1. The standard InChI is InChI=1S/C12H18N4O3/c1-4-12(2,11(13)16-18)15-9(17)8-6-5-7-14-10(8)19-3/h5-7,18H,4H2,1-3H3,(H2,13,16)(H,15,17). The van der Waals surface area contributed by atoms with Crippen LogP contribution in [0.1, 0.15) is 30.6 Å². The molecule has 1 atom stereocenters. The van der Waals surface area contributed by atoms with Crippen LogP contribution in [0.15, 0.2) is 23.5 Å². The molecule has 0 aliphatic rings. The van der Waals surface area contributed by atoms with Gasteiger partial charge in [-0.3, -0.25) is 4.79 Å². The molecule has 0 fully saturated rings. The van der Waals surface area contributed by atoms with Crippen LogP contribution in [0.25, 0.3) is 0 Å². The molecule has 0 aliphatic carbocycles. The van der Waals surface area contributed by atoms with Crippen molar-refractivity contribution in [1.82, 2.24) is 10.3 Å². The Morgan fingerprint density at radius 3 is 2.89 bits per heavy atom. The van der Waals surface area contributed by atoms with Crippen molar-refractivity contribution >= 4 is 11.7 Å². The number of hydrogen-bond acceptors (Lipinski definition) is 5. The van der Waals surface area contributed by atoms with Crippen LogP contribution in [0.2, 0.25) is 0 Å². The predicted molar refractivity (Wildman–Crippen MR) is 70.4 cm³/mol. The van der Waals surface area contributed by atoms with E-state index in [1.165, 1.54) is 13.3 Å². The van der Waals surface area contributed by atoms with Crippen LogP contribution in [0.5, 0.6) is 5.88 Å². The molecular weight excluding hydrogens is 248 g/mol. The van der Waals surface area contributed by atoms with E-state index in [9.17, 15) is 4.79 Å². The molecule has 4 N–H and O–H groups in total. The van der Waals surface area contributed by atoms with Crippen molar-refractivity contribution in [3.8, 4) is 5.88 Å². The lowest BCUT2D eigenvalue weighted by atomic mass is 9.97. The van der Waals surface area contributed by atoms with Crippen LogP contribution in [-0.4, -0.2) is 34.6 Å². The number of nitrogens with one attached hydrogen (secondary N) is 1. The van der Waals surface area contributed by atoms with E-state index in [0.717, 1.165) is 0 Å². The molecule has 1 aromatic heterocycles. The zero-order valence-electron chi connectivity index (χ0n) is 11.2. The van der Waals surface area contributed by atoms with E-state index >= 15 is 0 Å². The van der Waals surface area contributed by atoms with E-state index in [1.807, 2.05) is 6.92 Å². The molecule has 104 valence electrons.